The van der Waals surface area contributed by atoms with Gasteiger partial charge in [-0.05, 0) is 76.1 Å². The Bertz CT molecular complexity index is 1150. The van der Waals surface area contributed by atoms with Crippen LogP contribution >= 0.6 is 0 Å². The standard InChI is InChI=1S/C24H27FN4O3/c1-14-19(15(2)32-29-14)10-12-22(30)26-13-16-3-9-20-21(11-4-16)27-23(28-24(20)31)17-5-7-18(25)8-6-17/h5-8,16H,3-4,9-13H2,1-2H3,(H,26,30)(H,27,28,31). The van der Waals surface area contributed by atoms with Crippen LogP contribution in [0.1, 0.15) is 47.5 Å². The van der Waals surface area contributed by atoms with Crippen molar-refractivity contribution in [2.75, 3.05) is 6.54 Å². The van der Waals surface area contributed by atoms with Crippen molar-refractivity contribution in [1.29, 1.82) is 0 Å². The highest BCUT2D eigenvalue weighted by Gasteiger charge is 2.21. The number of nitrogens with one attached hydrogen (secondary N) is 2. The monoisotopic (exact) mass is 438 g/mol. The normalized spacial score (nSPS) is 15.8. The summed E-state index contributed by atoms with van der Waals surface area (Å²) in [7, 11) is 0. The van der Waals surface area contributed by atoms with E-state index in [-0.39, 0.29) is 23.2 Å². The van der Waals surface area contributed by atoms with Crippen LogP contribution in [-0.2, 0) is 24.1 Å². The molecule has 1 aliphatic rings. The molecule has 7 nitrogen and oxygen atoms in total. The number of rotatable bonds is 6. The van der Waals surface area contributed by atoms with Crippen molar-refractivity contribution in [3.05, 3.63) is 68.7 Å². The van der Waals surface area contributed by atoms with Crippen molar-refractivity contribution < 1.29 is 13.7 Å². The van der Waals surface area contributed by atoms with Gasteiger partial charge in [0.15, 0.2) is 0 Å². The van der Waals surface area contributed by atoms with Gasteiger partial charge in [-0.25, -0.2) is 9.37 Å². The summed E-state index contributed by atoms with van der Waals surface area (Å²) in [5.41, 5.74) is 3.86. The molecule has 0 fully saturated rings. The number of H-pyrrole nitrogens is 1. The van der Waals surface area contributed by atoms with Gasteiger partial charge < -0.3 is 14.8 Å². The molecule has 0 saturated carbocycles. The topological polar surface area (TPSA) is 101 Å². The Morgan fingerprint density at radius 2 is 1.97 bits per heavy atom. The molecule has 2 aromatic heterocycles. The fraction of sp³-hybridized carbons (Fsp3) is 0.417. The molecule has 8 heteroatoms. The molecule has 0 bridgehead atoms. The van der Waals surface area contributed by atoms with Gasteiger partial charge in [0.25, 0.3) is 5.56 Å². The van der Waals surface area contributed by atoms with Gasteiger partial charge in [0.1, 0.15) is 17.4 Å². The molecule has 1 aliphatic carbocycles. The summed E-state index contributed by atoms with van der Waals surface area (Å²) in [6.07, 6.45) is 3.95. The van der Waals surface area contributed by atoms with Gasteiger partial charge in [0, 0.05) is 29.7 Å². The van der Waals surface area contributed by atoms with Crippen molar-refractivity contribution in [3.8, 4) is 11.4 Å². The van der Waals surface area contributed by atoms with E-state index < -0.39 is 0 Å². The highest BCUT2D eigenvalue weighted by atomic mass is 19.1. The highest BCUT2D eigenvalue weighted by molar-refractivity contribution is 5.76. The molecule has 0 spiro atoms. The second kappa shape index (κ2) is 9.46. The van der Waals surface area contributed by atoms with Crippen molar-refractivity contribution in [3.63, 3.8) is 0 Å². The molecule has 1 amide bonds. The van der Waals surface area contributed by atoms with Crippen molar-refractivity contribution >= 4 is 5.91 Å². The molecule has 1 aromatic carbocycles. The predicted molar refractivity (Wildman–Crippen MR) is 118 cm³/mol. The molecule has 168 valence electrons. The minimum Gasteiger partial charge on any atom is -0.361 e. The molecule has 0 aliphatic heterocycles. The number of aromatic amines is 1. The molecule has 1 unspecified atom stereocenters. The first kappa shape index (κ1) is 21.9. The third-order valence-electron chi connectivity index (χ3n) is 6.18. The lowest BCUT2D eigenvalue weighted by atomic mass is 9.99. The average molecular weight is 439 g/mol. The summed E-state index contributed by atoms with van der Waals surface area (Å²) in [5.74, 6) is 1.17. The first-order valence-electron chi connectivity index (χ1n) is 11.0. The molecule has 4 rings (SSSR count). The van der Waals surface area contributed by atoms with Crippen molar-refractivity contribution in [2.24, 2.45) is 5.92 Å². The van der Waals surface area contributed by atoms with Gasteiger partial charge in [-0.15, -0.1) is 0 Å². The molecule has 2 heterocycles. The zero-order valence-electron chi connectivity index (χ0n) is 18.3. The number of hydrogen-bond donors (Lipinski definition) is 2. The molecule has 3 aromatic rings. The molecular formula is C24H27FN4O3. The van der Waals surface area contributed by atoms with Crippen LogP contribution in [0.4, 0.5) is 4.39 Å². The van der Waals surface area contributed by atoms with Gasteiger partial charge in [-0.1, -0.05) is 5.16 Å². The number of aryl methyl sites for hydroxylation is 3. The Morgan fingerprint density at radius 1 is 1.22 bits per heavy atom. The number of nitrogens with zero attached hydrogens (tertiary/aromatic N) is 2. The number of amides is 1. The SMILES string of the molecule is Cc1noc(C)c1CCC(=O)NCC1CCc2nc(-c3ccc(F)cc3)[nH]c(=O)c2CC1. The lowest BCUT2D eigenvalue weighted by Crippen LogP contribution is -2.29. The Morgan fingerprint density at radius 3 is 2.69 bits per heavy atom. The number of halogens is 1. The van der Waals surface area contributed by atoms with Gasteiger partial charge in [-0.3, -0.25) is 9.59 Å². The minimum absolute atomic E-state index is 0.00123. The van der Waals surface area contributed by atoms with E-state index in [1.54, 1.807) is 12.1 Å². The average Bonchev–Trinajstić information content (AvgIpc) is 2.97. The largest absolute Gasteiger partial charge is 0.361 e. The number of hydrogen-bond acceptors (Lipinski definition) is 5. The van der Waals surface area contributed by atoms with Crippen molar-refractivity contribution in [1.82, 2.24) is 20.4 Å². The second-order valence-corrected chi connectivity index (χ2v) is 8.40. The Kier molecular flexibility index (Phi) is 6.48. The smallest absolute Gasteiger partial charge is 0.254 e. The third-order valence-corrected chi connectivity index (χ3v) is 6.18. The lowest BCUT2D eigenvalue weighted by molar-refractivity contribution is -0.121. The van der Waals surface area contributed by atoms with Crippen LogP contribution in [-0.4, -0.2) is 27.6 Å². The van der Waals surface area contributed by atoms with E-state index in [0.29, 0.717) is 49.2 Å². The Hall–Kier alpha value is -3.29. The van der Waals surface area contributed by atoms with Crippen LogP contribution in [0.3, 0.4) is 0 Å². The fourth-order valence-corrected chi connectivity index (χ4v) is 4.24. The number of aromatic nitrogens is 3. The highest BCUT2D eigenvalue weighted by Crippen LogP contribution is 2.23. The minimum atomic E-state index is -0.331. The maximum atomic E-state index is 13.2. The first-order chi connectivity index (χ1) is 15.4. The summed E-state index contributed by atoms with van der Waals surface area (Å²) in [5, 5.41) is 6.96. The third kappa shape index (κ3) is 4.95. The van der Waals surface area contributed by atoms with E-state index >= 15 is 0 Å². The molecule has 0 saturated heterocycles. The quantitative estimate of drug-likeness (QED) is 0.575. The molecule has 32 heavy (non-hydrogen) atoms. The zero-order chi connectivity index (χ0) is 22.7. The molecule has 1 atom stereocenters. The molecule has 2 N–H and O–H groups in total. The van der Waals surface area contributed by atoms with E-state index in [0.717, 1.165) is 35.6 Å². The second-order valence-electron chi connectivity index (χ2n) is 8.40. The van der Waals surface area contributed by atoms with E-state index in [2.05, 4.69) is 20.4 Å². The Balaban J connectivity index is 1.34. The summed E-state index contributed by atoms with van der Waals surface area (Å²) >= 11 is 0. The Labute approximate surface area is 185 Å². The first-order valence-corrected chi connectivity index (χ1v) is 11.0. The molecule has 0 radical (unpaired) electrons. The predicted octanol–water partition coefficient (Wildman–Crippen LogP) is 3.42. The summed E-state index contributed by atoms with van der Waals surface area (Å²) in [6, 6.07) is 5.92. The van der Waals surface area contributed by atoms with Crippen LogP contribution in [0.2, 0.25) is 0 Å². The maximum Gasteiger partial charge on any atom is 0.254 e. The molecular weight excluding hydrogens is 411 g/mol. The summed E-state index contributed by atoms with van der Waals surface area (Å²) in [6.45, 7) is 4.31. The van der Waals surface area contributed by atoms with E-state index in [4.69, 9.17) is 4.52 Å². The number of fused-ring (bicyclic) bond motifs is 1. The number of carbonyl (C=O) groups is 1. The summed E-state index contributed by atoms with van der Waals surface area (Å²) < 4.78 is 18.4. The number of carbonyl (C=O) groups excluding carboxylic acids is 1. The maximum absolute atomic E-state index is 13.2. The van der Waals surface area contributed by atoms with Crippen LogP contribution < -0.4 is 10.9 Å². The van der Waals surface area contributed by atoms with Crippen molar-refractivity contribution in [2.45, 2.75) is 52.4 Å². The van der Waals surface area contributed by atoms with E-state index in [1.165, 1.54) is 12.1 Å². The van der Waals surface area contributed by atoms with Gasteiger partial charge in [0.2, 0.25) is 5.91 Å². The van der Waals surface area contributed by atoms with E-state index in [9.17, 15) is 14.0 Å². The fourth-order valence-electron chi connectivity index (χ4n) is 4.24. The van der Waals surface area contributed by atoms with Crippen LogP contribution in [0, 0.1) is 25.6 Å². The van der Waals surface area contributed by atoms with Crippen LogP contribution in [0.25, 0.3) is 11.4 Å². The van der Waals surface area contributed by atoms with Gasteiger partial charge >= 0.3 is 0 Å². The number of benzene rings is 1. The lowest BCUT2D eigenvalue weighted by Gasteiger charge is -2.14. The van der Waals surface area contributed by atoms with Gasteiger partial charge in [-0.2, -0.15) is 0 Å². The summed E-state index contributed by atoms with van der Waals surface area (Å²) in [4.78, 5) is 32.5. The van der Waals surface area contributed by atoms with Crippen LogP contribution in [0.15, 0.2) is 33.6 Å². The van der Waals surface area contributed by atoms with Crippen LogP contribution in [0.5, 0.6) is 0 Å². The van der Waals surface area contributed by atoms with Gasteiger partial charge in [0.05, 0.1) is 11.4 Å². The zero-order valence-corrected chi connectivity index (χ0v) is 18.3. The van der Waals surface area contributed by atoms with E-state index in [1.807, 2.05) is 13.8 Å².